The summed E-state index contributed by atoms with van der Waals surface area (Å²) in [6.07, 6.45) is 0.999. The van der Waals surface area contributed by atoms with Crippen LogP contribution in [0.15, 0.2) is 18.2 Å². The summed E-state index contributed by atoms with van der Waals surface area (Å²) < 4.78 is 5.34. The van der Waals surface area contributed by atoms with Gasteiger partial charge in [-0.3, -0.25) is 4.79 Å². The van der Waals surface area contributed by atoms with Crippen molar-refractivity contribution in [3.05, 3.63) is 23.8 Å². The molecule has 4 heteroatoms. The van der Waals surface area contributed by atoms with Crippen molar-refractivity contribution in [2.45, 2.75) is 33.2 Å². The number of benzene rings is 1. The fourth-order valence-electron chi connectivity index (χ4n) is 1.52. The van der Waals surface area contributed by atoms with Crippen molar-refractivity contribution < 1.29 is 9.53 Å². The second-order valence-electron chi connectivity index (χ2n) is 4.30. The zero-order valence-corrected chi connectivity index (χ0v) is 11.3. The van der Waals surface area contributed by atoms with Crippen LogP contribution >= 0.6 is 0 Å². The SMILES string of the molecule is CCOc1ccc(C(=O)CNC(C)CC)cc1N. The highest BCUT2D eigenvalue weighted by atomic mass is 16.5. The van der Waals surface area contributed by atoms with Gasteiger partial charge in [0.1, 0.15) is 5.75 Å². The summed E-state index contributed by atoms with van der Waals surface area (Å²) in [4.78, 5) is 11.9. The molecule has 1 atom stereocenters. The van der Waals surface area contributed by atoms with Gasteiger partial charge in [0.2, 0.25) is 0 Å². The van der Waals surface area contributed by atoms with E-state index >= 15 is 0 Å². The molecule has 18 heavy (non-hydrogen) atoms. The molecule has 0 saturated heterocycles. The van der Waals surface area contributed by atoms with E-state index in [1.54, 1.807) is 18.2 Å². The minimum absolute atomic E-state index is 0.0463. The summed E-state index contributed by atoms with van der Waals surface area (Å²) >= 11 is 0. The molecule has 100 valence electrons. The van der Waals surface area contributed by atoms with Crippen LogP contribution in [0.4, 0.5) is 5.69 Å². The number of ketones is 1. The first-order valence-electron chi connectivity index (χ1n) is 6.37. The Kier molecular flexibility index (Phi) is 5.65. The van der Waals surface area contributed by atoms with Crippen molar-refractivity contribution in [1.29, 1.82) is 0 Å². The van der Waals surface area contributed by atoms with Crippen LogP contribution in [-0.4, -0.2) is 25.0 Å². The maximum atomic E-state index is 11.9. The number of hydrogen-bond donors (Lipinski definition) is 2. The van der Waals surface area contributed by atoms with E-state index in [0.717, 1.165) is 6.42 Å². The van der Waals surface area contributed by atoms with Gasteiger partial charge in [0.05, 0.1) is 18.8 Å². The van der Waals surface area contributed by atoms with Crippen molar-refractivity contribution in [3.8, 4) is 5.75 Å². The van der Waals surface area contributed by atoms with Gasteiger partial charge in [-0.15, -0.1) is 0 Å². The summed E-state index contributed by atoms with van der Waals surface area (Å²) in [6.45, 7) is 6.93. The highest BCUT2D eigenvalue weighted by Gasteiger charge is 2.09. The molecule has 0 saturated carbocycles. The molecule has 3 N–H and O–H groups in total. The average Bonchev–Trinajstić information content (AvgIpc) is 2.38. The van der Waals surface area contributed by atoms with E-state index in [-0.39, 0.29) is 5.78 Å². The number of Topliss-reactive ketones (excluding diaryl/α,β-unsaturated/α-hetero) is 1. The molecule has 0 heterocycles. The van der Waals surface area contributed by atoms with Gasteiger partial charge in [-0.2, -0.15) is 0 Å². The molecule has 4 nitrogen and oxygen atoms in total. The summed E-state index contributed by atoms with van der Waals surface area (Å²) in [5.74, 6) is 0.675. The molecular weight excluding hydrogens is 228 g/mol. The van der Waals surface area contributed by atoms with Gasteiger partial charge in [0.15, 0.2) is 5.78 Å². The van der Waals surface area contributed by atoms with Gasteiger partial charge in [-0.05, 0) is 38.5 Å². The Bertz CT molecular complexity index is 405. The lowest BCUT2D eigenvalue weighted by Gasteiger charge is -2.11. The number of nitrogens with one attached hydrogen (secondary N) is 1. The number of rotatable bonds is 7. The second-order valence-corrected chi connectivity index (χ2v) is 4.30. The Labute approximate surface area is 109 Å². The summed E-state index contributed by atoms with van der Waals surface area (Å²) in [5, 5.41) is 3.17. The van der Waals surface area contributed by atoms with Crippen LogP contribution in [0.2, 0.25) is 0 Å². The predicted octanol–water partition coefficient (Wildman–Crippen LogP) is 2.24. The number of anilines is 1. The van der Waals surface area contributed by atoms with Crippen molar-refractivity contribution in [2.24, 2.45) is 0 Å². The number of carbonyl (C=O) groups is 1. The van der Waals surface area contributed by atoms with Crippen molar-refractivity contribution in [1.82, 2.24) is 5.32 Å². The highest BCUT2D eigenvalue weighted by Crippen LogP contribution is 2.22. The Morgan fingerprint density at radius 3 is 2.72 bits per heavy atom. The highest BCUT2D eigenvalue weighted by molar-refractivity contribution is 5.98. The van der Waals surface area contributed by atoms with E-state index in [9.17, 15) is 4.79 Å². The largest absolute Gasteiger partial charge is 0.492 e. The van der Waals surface area contributed by atoms with Gasteiger partial charge in [0.25, 0.3) is 0 Å². The number of carbonyl (C=O) groups excluding carboxylic acids is 1. The molecule has 0 fully saturated rings. The minimum atomic E-state index is 0.0463. The molecule has 0 bridgehead atoms. The third-order valence-corrected chi connectivity index (χ3v) is 2.86. The Morgan fingerprint density at radius 2 is 2.17 bits per heavy atom. The number of nitrogens with two attached hydrogens (primary N) is 1. The van der Waals surface area contributed by atoms with Crippen LogP contribution in [0.3, 0.4) is 0 Å². The normalized spacial score (nSPS) is 12.2. The van der Waals surface area contributed by atoms with E-state index in [4.69, 9.17) is 10.5 Å². The van der Waals surface area contributed by atoms with Crippen molar-refractivity contribution in [2.75, 3.05) is 18.9 Å². The van der Waals surface area contributed by atoms with Crippen molar-refractivity contribution in [3.63, 3.8) is 0 Å². The summed E-state index contributed by atoms with van der Waals surface area (Å²) in [7, 11) is 0. The zero-order chi connectivity index (χ0) is 13.5. The predicted molar refractivity (Wildman–Crippen MR) is 74.1 cm³/mol. The van der Waals surface area contributed by atoms with Crippen LogP contribution in [-0.2, 0) is 0 Å². The van der Waals surface area contributed by atoms with E-state index in [1.165, 1.54) is 0 Å². The smallest absolute Gasteiger partial charge is 0.176 e. The van der Waals surface area contributed by atoms with Gasteiger partial charge in [0, 0.05) is 11.6 Å². The molecule has 0 aliphatic carbocycles. The molecule has 0 aromatic heterocycles. The van der Waals surface area contributed by atoms with E-state index in [0.29, 0.717) is 36.2 Å². The molecule has 0 radical (unpaired) electrons. The lowest BCUT2D eigenvalue weighted by molar-refractivity contribution is 0.0987. The molecule has 1 unspecified atom stereocenters. The number of nitrogen functional groups attached to an aromatic ring is 1. The van der Waals surface area contributed by atoms with E-state index in [2.05, 4.69) is 19.2 Å². The van der Waals surface area contributed by atoms with E-state index in [1.807, 2.05) is 6.92 Å². The fraction of sp³-hybridized carbons (Fsp3) is 0.500. The molecule has 0 amide bonds. The molecule has 0 spiro atoms. The monoisotopic (exact) mass is 250 g/mol. The third kappa shape index (κ3) is 4.04. The number of hydrogen-bond acceptors (Lipinski definition) is 4. The first-order valence-corrected chi connectivity index (χ1v) is 6.37. The lowest BCUT2D eigenvalue weighted by atomic mass is 10.1. The quantitative estimate of drug-likeness (QED) is 0.575. The first-order chi connectivity index (χ1) is 8.58. The Hall–Kier alpha value is -1.55. The van der Waals surface area contributed by atoms with Crippen molar-refractivity contribution >= 4 is 11.5 Å². The Morgan fingerprint density at radius 1 is 1.44 bits per heavy atom. The van der Waals surface area contributed by atoms with Crippen LogP contribution < -0.4 is 15.8 Å². The maximum Gasteiger partial charge on any atom is 0.176 e. The lowest BCUT2D eigenvalue weighted by Crippen LogP contribution is -2.30. The van der Waals surface area contributed by atoms with Crippen LogP contribution in [0.25, 0.3) is 0 Å². The van der Waals surface area contributed by atoms with Gasteiger partial charge in [-0.1, -0.05) is 6.92 Å². The summed E-state index contributed by atoms with van der Waals surface area (Å²) in [6, 6.07) is 5.51. The minimum Gasteiger partial charge on any atom is -0.492 e. The fourth-order valence-corrected chi connectivity index (χ4v) is 1.52. The van der Waals surface area contributed by atoms with Gasteiger partial charge in [-0.25, -0.2) is 0 Å². The molecule has 0 aliphatic heterocycles. The van der Waals surface area contributed by atoms with Crippen LogP contribution in [0.5, 0.6) is 5.75 Å². The standard InChI is InChI=1S/C14H22N2O2/c1-4-10(3)16-9-13(17)11-6-7-14(18-5-2)12(15)8-11/h6-8,10,16H,4-5,9,15H2,1-3H3. The Balaban J connectivity index is 2.66. The second kappa shape index (κ2) is 7.01. The molecule has 1 rings (SSSR count). The first kappa shape index (κ1) is 14.5. The van der Waals surface area contributed by atoms with Gasteiger partial charge >= 0.3 is 0 Å². The average molecular weight is 250 g/mol. The topological polar surface area (TPSA) is 64.3 Å². The summed E-state index contributed by atoms with van der Waals surface area (Å²) in [5.41, 5.74) is 6.95. The van der Waals surface area contributed by atoms with Crippen LogP contribution in [0, 0.1) is 0 Å². The van der Waals surface area contributed by atoms with Crippen LogP contribution in [0.1, 0.15) is 37.6 Å². The van der Waals surface area contributed by atoms with E-state index < -0.39 is 0 Å². The van der Waals surface area contributed by atoms with Gasteiger partial charge < -0.3 is 15.8 Å². The maximum absolute atomic E-state index is 11.9. The zero-order valence-electron chi connectivity index (χ0n) is 11.3. The molecule has 1 aromatic rings. The third-order valence-electron chi connectivity index (χ3n) is 2.86. The number of ether oxygens (including phenoxy) is 1. The molecular formula is C14H22N2O2. The molecule has 0 aliphatic rings. The molecule has 1 aromatic carbocycles.